The summed E-state index contributed by atoms with van der Waals surface area (Å²) in [6.45, 7) is 1.46. The smallest absolute Gasteiger partial charge is 0.233 e. The molecule has 1 N–H and O–H groups in total. The molecule has 0 radical (unpaired) electrons. The number of amides is 2. The molecule has 25 heavy (non-hydrogen) atoms. The first kappa shape index (κ1) is 18.9. The number of hydrogen-bond donors (Lipinski definition) is 1. The van der Waals surface area contributed by atoms with E-state index in [2.05, 4.69) is 5.32 Å². The third kappa shape index (κ3) is 5.01. The lowest BCUT2D eigenvalue weighted by Crippen LogP contribution is -2.34. The van der Waals surface area contributed by atoms with Crippen molar-refractivity contribution in [3.63, 3.8) is 0 Å². The van der Waals surface area contributed by atoms with Gasteiger partial charge in [0.05, 0.1) is 21.3 Å². The van der Waals surface area contributed by atoms with Crippen molar-refractivity contribution in [3.8, 4) is 17.2 Å². The maximum Gasteiger partial charge on any atom is 0.233 e. The van der Waals surface area contributed by atoms with Crippen molar-refractivity contribution < 1.29 is 23.8 Å². The summed E-state index contributed by atoms with van der Waals surface area (Å²) >= 11 is 0. The van der Waals surface area contributed by atoms with Gasteiger partial charge in [0.15, 0.2) is 11.5 Å². The molecule has 0 aliphatic carbocycles. The zero-order chi connectivity index (χ0) is 18.2. The number of likely N-dealkylation sites (tertiary alicyclic amines) is 1. The zero-order valence-corrected chi connectivity index (χ0v) is 15.1. The summed E-state index contributed by atoms with van der Waals surface area (Å²) in [6.07, 6.45) is 4.11. The average Bonchev–Trinajstić information content (AvgIpc) is 2.90. The van der Waals surface area contributed by atoms with Crippen LogP contribution >= 0.6 is 0 Å². The molecule has 1 aliphatic heterocycles. The maximum absolute atomic E-state index is 12.3. The minimum Gasteiger partial charge on any atom is -0.493 e. The monoisotopic (exact) mass is 350 g/mol. The summed E-state index contributed by atoms with van der Waals surface area (Å²) in [5.41, 5.74) is 0.489. The summed E-state index contributed by atoms with van der Waals surface area (Å²) in [5, 5.41) is 2.73. The molecule has 0 atom stereocenters. The van der Waals surface area contributed by atoms with Gasteiger partial charge in [-0.25, -0.2) is 0 Å². The van der Waals surface area contributed by atoms with Crippen LogP contribution in [-0.2, 0) is 9.59 Å². The molecule has 1 heterocycles. The second-order valence-electron chi connectivity index (χ2n) is 5.93. The van der Waals surface area contributed by atoms with E-state index in [4.69, 9.17) is 14.2 Å². The lowest BCUT2D eigenvalue weighted by molar-refractivity contribution is -0.134. The van der Waals surface area contributed by atoms with Crippen molar-refractivity contribution in [1.29, 1.82) is 0 Å². The number of nitrogens with zero attached hydrogens (tertiary/aromatic N) is 1. The molecular weight excluding hydrogens is 324 g/mol. The SMILES string of the molecule is COc1cc(NC(=O)CC(=O)N2CCCCCC2)cc(OC)c1OC. The highest BCUT2D eigenvalue weighted by molar-refractivity contribution is 6.03. The number of nitrogens with one attached hydrogen (secondary N) is 1. The highest BCUT2D eigenvalue weighted by Crippen LogP contribution is 2.39. The molecular formula is C18H26N2O5. The lowest BCUT2D eigenvalue weighted by atomic mass is 10.2. The second-order valence-corrected chi connectivity index (χ2v) is 5.93. The Morgan fingerprint density at radius 3 is 2.00 bits per heavy atom. The summed E-state index contributed by atoms with van der Waals surface area (Å²) in [4.78, 5) is 26.3. The first-order chi connectivity index (χ1) is 12.1. The van der Waals surface area contributed by atoms with Gasteiger partial charge in [-0.2, -0.15) is 0 Å². The number of benzene rings is 1. The molecule has 7 heteroatoms. The lowest BCUT2D eigenvalue weighted by Gasteiger charge is -2.20. The molecule has 7 nitrogen and oxygen atoms in total. The first-order valence-electron chi connectivity index (χ1n) is 8.46. The molecule has 0 unspecified atom stereocenters. The van der Waals surface area contributed by atoms with E-state index in [-0.39, 0.29) is 18.2 Å². The van der Waals surface area contributed by atoms with Crippen LogP contribution in [0.2, 0.25) is 0 Å². The van der Waals surface area contributed by atoms with Gasteiger partial charge in [0.1, 0.15) is 6.42 Å². The minimum atomic E-state index is -0.358. The fraction of sp³-hybridized carbons (Fsp3) is 0.556. The molecule has 1 fully saturated rings. The topological polar surface area (TPSA) is 77.1 Å². The van der Waals surface area contributed by atoms with Crippen molar-refractivity contribution in [3.05, 3.63) is 12.1 Å². The molecule has 1 aromatic carbocycles. The molecule has 1 saturated heterocycles. The van der Waals surface area contributed by atoms with E-state index in [1.54, 1.807) is 17.0 Å². The summed E-state index contributed by atoms with van der Waals surface area (Å²) < 4.78 is 15.8. The number of hydrogen-bond acceptors (Lipinski definition) is 5. The van der Waals surface area contributed by atoms with E-state index in [9.17, 15) is 9.59 Å². The Balaban J connectivity index is 2.03. The number of rotatable bonds is 6. The van der Waals surface area contributed by atoms with Crippen LogP contribution in [0.1, 0.15) is 32.1 Å². The van der Waals surface area contributed by atoms with Crippen LogP contribution in [0.15, 0.2) is 12.1 Å². The van der Waals surface area contributed by atoms with Gasteiger partial charge in [-0.05, 0) is 12.8 Å². The van der Waals surface area contributed by atoms with Crippen LogP contribution in [-0.4, -0.2) is 51.1 Å². The Bertz CT molecular complexity index is 584. The normalized spacial score (nSPS) is 14.4. The molecule has 0 saturated carbocycles. The maximum atomic E-state index is 12.3. The van der Waals surface area contributed by atoms with E-state index in [1.807, 2.05) is 0 Å². The number of carbonyl (C=O) groups excluding carboxylic acids is 2. The van der Waals surface area contributed by atoms with Gasteiger partial charge >= 0.3 is 0 Å². The second kappa shape index (κ2) is 9.15. The summed E-state index contributed by atoms with van der Waals surface area (Å²) in [5.74, 6) is 0.839. The number of carbonyl (C=O) groups is 2. The van der Waals surface area contributed by atoms with Crippen LogP contribution in [0, 0.1) is 0 Å². The van der Waals surface area contributed by atoms with Gasteiger partial charge in [-0.15, -0.1) is 0 Å². The van der Waals surface area contributed by atoms with Crippen LogP contribution in [0.3, 0.4) is 0 Å². The Labute approximate surface area is 148 Å². The van der Waals surface area contributed by atoms with E-state index in [0.717, 1.165) is 38.8 Å². The van der Waals surface area contributed by atoms with Crippen molar-refractivity contribution in [2.24, 2.45) is 0 Å². The summed E-state index contributed by atoms with van der Waals surface area (Å²) in [6, 6.07) is 3.27. The van der Waals surface area contributed by atoms with Crippen LogP contribution in [0.25, 0.3) is 0 Å². The van der Waals surface area contributed by atoms with E-state index in [1.165, 1.54) is 21.3 Å². The van der Waals surface area contributed by atoms with E-state index >= 15 is 0 Å². The predicted molar refractivity (Wildman–Crippen MR) is 94.4 cm³/mol. The molecule has 1 aliphatic rings. The number of anilines is 1. The quantitative estimate of drug-likeness (QED) is 0.798. The standard InChI is InChI=1S/C18H26N2O5/c1-23-14-10-13(11-15(24-2)18(14)25-3)19-16(21)12-17(22)20-8-6-4-5-7-9-20/h10-11H,4-9,12H2,1-3H3,(H,19,21). The molecule has 0 aromatic heterocycles. The van der Waals surface area contributed by atoms with Gasteiger partial charge in [0.25, 0.3) is 0 Å². The Hall–Kier alpha value is -2.44. The van der Waals surface area contributed by atoms with Crippen molar-refractivity contribution in [2.75, 3.05) is 39.7 Å². The Morgan fingerprint density at radius 1 is 0.960 bits per heavy atom. The average molecular weight is 350 g/mol. The van der Waals surface area contributed by atoms with Crippen LogP contribution in [0.4, 0.5) is 5.69 Å². The third-order valence-corrected chi connectivity index (χ3v) is 4.22. The first-order valence-corrected chi connectivity index (χ1v) is 8.46. The largest absolute Gasteiger partial charge is 0.493 e. The van der Waals surface area contributed by atoms with Crippen molar-refractivity contribution in [1.82, 2.24) is 4.90 Å². The van der Waals surface area contributed by atoms with Gasteiger partial charge in [0.2, 0.25) is 17.6 Å². The number of ether oxygens (including phenoxy) is 3. The third-order valence-electron chi connectivity index (χ3n) is 4.22. The van der Waals surface area contributed by atoms with Crippen LogP contribution in [0.5, 0.6) is 17.2 Å². The zero-order valence-electron chi connectivity index (χ0n) is 15.1. The molecule has 0 bridgehead atoms. The van der Waals surface area contributed by atoms with Crippen molar-refractivity contribution in [2.45, 2.75) is 32.1 Å². The van der Waals surface area contributed by atoms with E-state index < -0.39 is 0 Å². The Kier molecular flexibility index (Phi) is 6.91. The minimum absolute atomic E-state index is 0.133. The molecule has 2 amide bonds. The fourth-order valence-corrected chi connectivity index (χ4v) is 2.93. The predicted octanol–water partition coefficient (Wildman–Crippen LogP) is 2.44. The molecule has 1 aromatic rings. The molecule has 2 rings (SSSR count). The highest BCUT2D eigenvalue weighted by atomic mass is 16.5. The molecule has 0 spiro atoms. The molecule has 138 valence electrons. The van der Waals surface area contributed by atoms with Crippen molar-refractivity contribution >= 4 is 17.5 Å². The van der Waals surface area contributed by atoms with Gasteiger partial charge < -0.3 is 24.4 Å². The highest BCUT2D eigenvalue weighted by Gasteiger charge is 2.20. The van der Waals surface area contributed by atoms with E-state index in [0.29, 0.717) is 22.9 Å². The summed E-state index contributed by atoms with van der Waals surface area (Å²) in [7, 11) is 4.52. The van der Waals surface area contributed by atoms with Gasteiger partial charge in [0, 0.05) is 30.9 Å². The van der Waals surface area contributed by atoms with Gasteiger partial charge in [-0.3, -0.25) is 9.59 Å². The van der Waals surface area contributed by atoms with Gasteiger partial charge in [-0.1, -0.05) is 12.8 Å². The number of methoxy groups -OCH3 is 3. The fourth-order valence-electron chi connectivity index (χ4n) is 2.93. The van der Waals surface area contributed by atoms with Crippen LogP contribution < -0.4 is 19.5 Å². The Morgan fingerprint density at radius 2 is 1.52 bits per heavy atom.